The molecule has 0 N–H and O–H groups in total. The summed E-state index contributed by atoms with van der Waals surface area (Å²) in [5, 5.41) is 0.341. The molecule has 0 unspecified atom stereocenters. The number of thiazole rings is 1. The summed E-state index contributed by atoms with van der Waals surface area (Å²) in [7, 11) is 0. The van der Waals surface area contributed by atoms with Crippen LogP contribution in [0.2, 0.25) is 0 Å². The summed E-state index contributed by atoms with van der Waals surface area (Å²) in [5.74, 6) is -1.64. The van der Waals surface area contributed by atoms with Crippen LogP contribution in [0, 0.1) is 11.6 Å². The van der Waals surface area contributed by atoms with Gasteiger partial charge < -0.3 is 4.57 Å². The topological polar surface area (TPSA) is 51.0 Å². The minimum absolute atomic E-state index is 0. The Morgan fingerprint density at radius 2 is 1.75 bits per heavy atom. The highest BCUT2D eigenvalue weighted by Crippen LogP contribution is 2.32. The number of carbonyl (C=O) groups is 1. The van der Waals surface area contributed by atoms with Gasteiger partial charge in [-0.3, -0.25) is 9.69 Å². The number of imidazole rings is 1. The van der Waals surface area contributed by atoms with Crippen molar-refractivity contribution in [1.29, 1.82) is 0 Å². The van der Waals surface area contributed by atoms with Gasteiger partial charge in [0.1, 0.15) is 11.3 Å². The van der Waals surface area contributed by atoms with Gasteiger partial charge in [-0.1, -0.05) is 53.8 Å². The van der Waals surface area contributed by atoms with Gasteiger partial charge in [-0.05, 0) is 42.2 Å². The van der Waals surface area contributed by atoms with Gasteiger partial charge in [0.05, 0.1) is 11.0 Å². The fourth-order valence-electron chi connectivity index (χ4n) is 3.93. The van der Waals surface area contributed by atoms with Gasteiger partial charge in [0.25, 0.3) is 5.91 Å². The van der Waals surface area contributed by atoms with Crippen molar-refractivity contribution >= 4 is 45.0 Å². The molecule has 0 aliphatic heterocycles. The quantitative estimate of drug-likeness (QED) is 0.232. The van der Waals surface area contributed by atoms with Crippen molar-refractivity contribution in [1.82, 2.24) is 14.5 Å². The van der Waals surface area contributed by atoms with E-state index in [1.807, 2.05) is 41.1 Å². The van der Waals surface area contributed by atoms with Gasteiger partial charge in [-0.2, -0.15) is 0 Å². The van der Waals surface area contributed by atoms with Gasteiger partial charge in [0.15, 0.2) is 10.9 Å². The van der Waals surface area contributed by atoms with Crippen molar-refractivity contribution in [2.24, 2.45) is 0 Å². The average molecular weight is 525 g/mol. The number of amides is 1. The lowest BCUT2D eigenvalue weighted by Gasteiger charge is -2.20. The first kappa shape index (κ1) is 25.5. The number of rotatable bonds is 8. The molecule has 0 aliphatic carbocycles. The highest BCUT2D eigenvalue weighted by Gasteiger charge is 2.22. The van der Waals surface area contributed by atoms with Crippen LogP contribution in [-0.2, 0) is 13.0 Å². The maximum Gasteiger partial charge on any atom is 0.260 e. The number of hydrogen-bond acceptors (Lipinski definition) is 4. The number of fused-ring (bicyclic) bond motifs is 1. The summed E-state index contributed by atoms with van der Waals surface area (Å²) >= 11 is 1.10. The van der Waals surface area contributed by atoms with Gasteiger partial charge in [0.2, 0.25) is 0 Å². The fourth-order valence-corrected chi connectivity index (χ4v) is 4.96. The third kappa shape index (κ3) is 5.78. The van der Waals surface area contributed by atoms with Crippen LogP contribution in [0.15, 0.2) is 85.5 Å². The molecule has 0 bridgehead atoms. The summed E-state index contributed by atoms with van der Waals surface area (Å²) in [5.41, 5.74) is 2.86. The highest BCUT2D eigenvalue weighted by atomic mass is 35.5. The van der Waals surface area contributed by atoms with Crippen LogP contribution in [0.4, 0.5) is 13.9 Å². The predicted molar refractivity (Wildman–Crippen MR) is 141 cm³/mol. The van der Waals surface area contributed by atoms with Crippen LogP contribution in [0.1, 0.15) is 27.9 Å². The maximum atomic E-state index is 14.3. The van der Waals surface area contributed by atoms with E-state index in [1.54, 1.807) is 29.6 Å². The summed E-state index contributed by atoms with van der Waals surface area (Å²) in [6.45, 7) is 1.03. The molecule has 1 amide bonds. The SMILES string of the molecule is Cl.O=C(c1ccc(Cc2ccccc2)cc1)N(CCCn1ccnc1)c1nc2c(F)cc(F)cc2s1. The molecular weight excluding hydrogens is 502 g/mol. The molecule has 0 radical (unpaired) electrons. The summed E-state index contributed by atoms with van der Waals surface area (Å²) < 4.78 is 30.3. The zero-order valence-electron chi connectivity index (χ0n) is 19.2. The molecule has 3 aromatic carbocycles. The smallest absolute Gasteiger partial charge is 0.260 e. The molecule has 0 aliphatic rings. The Morgan fingerprint density at radius 1 is 1.00 bits per heavy atom. The zero-order valence-corrected chi connectivity index (χ0v) is 20.8. The highest BCUT2D eigenvalue weighted by molar-refractivity contribution is 7.22. The van der Waals surface area contributed by atoms with Crippen molar-refractivity contribution < 1.29 is 13.6 Å². The molecular formula is C27H23ClF2N4OS. The van der Waals surface area contributed by atoms with E-state index < -0.39 is 11.6 Å². The second-order valence-electron chi connectivity index (χ2n) is 8.20. The van der Waals surface area contributed by atoms with E-state index in [4.69, 9.17) is 0 Å². The molecule has 2 heterocycles. The summed E-state index contributed by atoms with van der Waals surface area (Å²) in [4.78, 5) is 23.5. The molecule has 5 rings (SSSR count). The van der Waals surface area contributed by atoms with E-state index in [-0.39, 0.29) is 23.8 Å². The van der Waals surface area contributed by atoms with E-state index in [2.05, 4.69) is 22.1 Å². The van der Waals surface area contributed by atoms with Gasteiger partial charge in [0, 0.05) is 37.1 Å². The molecule has 0 fully saturated rings. The Kier molecular flexibility index (Phi) is 8.07. The first-order valence-corrected chi connectivity index (χ1v) is 12.0. The first-order chi connectivity index (χ1) is 17.1. The van der Waals surface area contributed by atoms with Crippen molar-refractivity contribution in [3.63, 3.8) is 0 Å². The number of aromatic nitrogens is 3. The van der Waals surface area contributed by atoms with Crippen LogP contribution in [0.3, 0.4) is 0 Å². The Balaban J connectivity index is 0.00000304. The van der Waals surface area contributed by atoms with Gasteiger partial charge >= 0.3 is 0 Å². The maximum absolute atomic E-state index is 14.3. The van der Waals surface area contributed by atoms with Gasteiger partial charge in [-0.25, -0.2) is 18.7 Å². The molecule has 0 spiro atoms. The number of nitrogens with zero attached hydrogens (tertiary/aromatic N) is 4. The van der Waals surface area contributed by atoms with E-state index in [1.165, 1.54) is 11.6 Å². The van der Waals surface area contributed by atoms with Crippen LogP contribution in [0.5, 0.6) is 0 Å². The minimum Gasteiger partial charge on any atom is -0.337 e. The normalized spacial score (nSPS) is 10.8. The molecule has 5 nitrogen and oxygen atoms in total. The molecule has 0 saturated heterocycles. The molecule has 5 aromatic rings. The largest absolute Gasteiger partial charge is 0.337 e. The molecule has 9 heteroatoms. The lowest BCUT2D eigenvalue weighted by Crippen LogP contribution is -2.32. The zero-order chi connectivity index (χ0) is 24.2. The lowest BCUT2D eigenvalue weighted by molar-refractivity contribution is 0.0986. The van der Waals surface area contributed by atoms with E-state index in [0.717, 1.165) is 29.4 Å². The van der Waals surface area contributed by atoms with Gasteiger partial charge in [-0.15, -0.1) is 12.4 Å². The second kappa shape index (κ2) is 11.4. The number of anilines is 1. The number of halogens is 3. The van der Waals surface area contributed by atoms with Crippen LogP contribution in [-0.4, -0.2) is 27.0 Å². The van der Waals surface area contributed by atoms with Crippen LogP contribution in [0.25, 0.3) is 10.2 Å². The number of carbonyl (C=O) groups excluding carboxylic acids is 1. The minimum atomic E-state index is -0.737. The standard InChI is InChI=1S/C27H22F2N4OS.ClH/c28-22-16-23(29)25-24(17-22)35-27(31-25)33(13-4-12-32-14-11-30-18-32)26(34)21-9-7-20(8-10-21)15-19-5-2-1-3-6-19;/h1-3,5-11,14,16-18H,4,12-13,15H2;1H. The van der Waals surface area contributed by atoms with Crippen molar-refractivity contribution in [3.05, 3.63) is 114 Å². The molecule has 0 atom stereocenters. The van der Waals surface area contributed by atoms with Crippen molar-refractivity contribution in [3.8, 4) is 0 Å². The second-order valence-corrected chi connectivity index (χ2v) is 9.21. The fraction of sp³-hybridized carbons (Fsp3) is 0.148. The predicted octanol–water partition coefficient (Wildman–Crippen LogP) is 6.52. The summed E-state index contributed by atoms with van der Waals surface area (Å²) in [6, 6.07) is 19.7. The molecule has 184 valence electrons. The Hall–Kier alpha value is -3.62. The third-order valence-electron chi connectivity index (χ3n) is 5.69. The van der Waals surface area contributed by atoms with E-state index in [9.17, 15) is 13.6 Å². The Labute approximate surface area is 217 Å². The number of hydrogen-bond donors (Lipinski definition) is 0. The number of benzene rings is 3. The van der Waals surface area contributed by atoms with Crippen molar-refractivity contribution in [2.45, 2.75) is 19.4 Å². The van der Waals surface area contributed by atoms with E-state index >= 15 is 0 Å². The van der Waals surface area contributed by atoms with E-state index in [0.29, 0.717) is 34.9 Å². The Bertz CT molecular complexity index is 1440. The molecule has 2 aromatic heterocycles. The average Bonchev–Trinajstić information content (AvgIpc) is 3.53. The third-order valence-corrected chi connectivity index (χ3v) is 6.71. The molecule has 0 saturated carbocycles. The summed E-state index contributed by atoms with van der Waals surface area (Å²) in [6.07, 6.45) is 6.68. The lowest BCUT2D eigenvalue weighted by atomic mass is 10.0. The number of aryl methyl sites for hydroxylation is 1. The van der Waals surface area contributed by atoms with Crippen molar-refractivity contribution in [2.75, 3.05) is 11.4 Å². The first-order valence-electron chi connectivity index (χ1n) is 11.2. The van der Waals surface area contributed by atoms with Crippen LogP contribution < -0.4 is 4.90 Å². The molecule has 36 heavy (non-hydrogen) atoms. The Morgan fingerprint density at radius 3 is 2.47 bits per heavy atom. The van der Waals surface area contributed by atoms with Crippen LogP contribution >= 0.6 is 23.7 Å². The monoisotopic (exact) mass is 524 g/mol.